The van der Waals surface area contributed by atoms with Gasteiger partial charge in [-0.05, 0) is 36.6 Å². The second kappa shape index (κ2) is 5.53. The molecule has 2 rings (SSSR count). The highest BCUT2D eigenvalue weighted by Crippen LogP contribution is 2.22. The summed E-state index contributed by atoms with van der Waals surface area (Å²) in [6.45, 7) is 6.75. The number of hydrogen-bond donors (Lipinski definition) is 1. The van der Waals surface area contributed by atoms with Crippen molar-refractivity contribution in [2.75, 3.05) is 5.73 Å². The number of rotatable bonds is 4. The Morgan fingerprint density at radius 3 is 2.35 bits per heavy atom. The van der Waals surface area contributed by atoms with E-state index in [4.69, 9.17) is 5.73 Å². The summed E-state index contributed by atoms with van der Waals surface area (Å²) in [4.78, 5) is 12.4. The summed E-state index contributed by atoms with van der Waals surface area (Å²) >= 11 is 0. The fourth-order valence-corrected chi connectivity index (χ4v) is 2.46. The number of nitrogens with two attached hydrogens (primary N) is 1. The zero-order valence-corrected chi connectivity index (χ0v) is 12.1. The monoisotopic (exact) mass is 277 g/mol. The van der Waals surface area contributed by atoms with E-state index in [1.54, 1.807) is 12.1 Å². The van der Waals surface area contributed by atoms with Crippen LogP contribution in [0.3, 0.4) is 0 Å². The molecule has 1 heterocycles. The highest BCUT2D eigenvalue weighted by molar-refractivity contribution is 5.47. The lowest BCUT2D eigenvalue weighted by atomic mass is 10.1. The van der Waals surface area contributed by atoms with E-state index >= 15 is 0 Å². The van der Waals surface area contributed by atoms with Gasteiger partial charge in [-0.25, -0.2) is 9.07 Å². The first kappa shape index (κ1) is 14.4. The molecule has 0 atom stereocenters. The van der Waals surface area contributed by atoms with Crippen LogP contribution in [0.4, 0.5) is 10.1 Å². The van der Waals surface area contributed by atoms with Crippen LogP contribution in [0.15, 0.2) is 29.1 Å². The summed E-state index contributed by atoms with van der Waals surface area (Å²) in [5, 5.41) is 0. The number of halogens is 1. The number of aromatic nitrogens is 2. The molecule has 0 unspecified atom stereocenters. The second-order valence-corrected chi connectivity index (χ2v) is 5.17. The van der Waals surface area contributed by atoms with Crippen molar-refractivity contribution >= 4 is 5.69 Å². The molecule has 0 aliphatic rings. The number of hydrogen-bond acceptors (Lipinski definition) is 2. The highest BCUT2D eigenvalue weighted by Gasteiger charge is 2.20. The molecule has 0 fully saturated rings. The maximum absolute atomic E-state index is 13.0. The van der Waals surface area contributed by atoms with E-state index in [2.05, 4.69) is 0 Å². The van der Waals surface area contributed by atoms with Gasteiger partial charge in [-0.3, -0.25) is 9.48 Å². The van der Waals surface area contributed by atoms with Crippen molar-refractivity contribution < 1.29 is 4.39 Å². The van der Waals surface area contributed by atoms with Crippen LogP contribution in [-0.4, -0.2) is 9.36 Å². The Kier molecular flexibility index (Phi) is 3.97. The van der Waals surface area contributed by atoms with Crippen molar-refractivity contribution in [3.05, 3.63) is 46.1 Å². The smallest absolute Gasteiger partial charge is 0.294 e. The van der Waals surface area contributed by atoms with Crippen LogP contribution in [0.2, 0.25) is 0 Å². The predicted molar refractivity (Wildman–Crippen MR) is 78.8 cm³/mol. The molecular formula is C15H20FN3O. The van der Waals surface area contributed by atoms with E-state index < -0.39 is 0 Å². The van der Waals surface area contributed by atoms with Crippen LogP contribution >= 0.6 is 0 Å². The third-order valence-corrected chi connectivity index (χ3v) is 3.27. The molecule has 0 saturated carbocycles. The first-order valence-corrected chi connectivity index (χ1v) is 6.84. The quantitative estimate of drug-likeness (QED) is 0.934. The van der Waals surface area contributed by atoms with Gasteiger partial charge in [0.2, 0.25) is 0 Å². The second-order valence-electron chi connectivity index (χ2n) is 5.17. The zero-order valence-electron chi connectivity index (χ0n) is 12.1. The largest absolute Gasteiger partial charge is 0.393 e. The third-order valence-electron chi connectivity index (χ3n) is 3.27. The van der Waals surface area contributed by atoms with Crippen LogP contribution < -0.4 is 11.3 Å². The number of nitrogens with zero attached hydrogens (tertiary/aromatic N) is 2. The Morgan fingerprint density at radius 2 is 1.85 bits per heavy atom. The summed E-state index contributed by atoms with van der Waals surface area (Å²) in [6.07, 6.45) is 0.883. The lowest BCUT2D eigenvalue weighted by Crippen LogP contribution is -2.22. The van der Waals surface area contributed by atoms with E-state index in [0.717, 1.165) is 12.1 Å². The standard InChI is InChI=1S/C15H20FN3O/c1-4-9-18-14(10(2)3)13(17)15(20)19(18)12-7-5-11(16)6-8-12/h5-8,10H,4,9,17H2,1-3H3. The first-order chi connectivity index (χ1) is 9.47. The third kappa shape index (κ3) is 2.35. The van der Waals surface area contributed by atoms with Crippen molar-refractivity contribution in [3.8, 4) is 5.69 Å². The summed E-state index contributed by atoms with van der Waals surface area (Å²) in [5.41, 5.74) is 7.47. The van der Waals surface area contributed by atoms with Crippen LogP contribution in [-0.2, 0) is 6.54 Å². The fourth-order valence-electron chi connectivity index (χ4n) is 2.46. The lowest BCUT2D eigenvalue weighted by Gasteiger charge is -2.16. The number of anilines is 1. The minimum Gasteiger partial charge on any atom is -0.393 e. The van der Waals surface area contributed by atoms with Gasteiger partial charge in [0.15, 0.2) is 0 Å². The van der Waals surface area contributed by atoms with E-state index in [1.165, 1.54) is 16.8 Å². The van der Waals surface area contributed by atoms with E-state index in [-0.39, 0.29) is 23.0 Å². The lowest BCUT2D eigenvalue weighted by molar-refractivity contribution is 0.502. The average molecular weight is 277 g/mol. The van der Waals surface area contributed by atoms with Crippen molar-refractivity contribution in [1.82, 2.24) is 9.36 Å². The summed E-state index contributed by atoms with van der Waals surface area (Å²) in [6, 6.07) is 5.87. The maximum atomic E-state index is 13.0. The van der Waals surface area contributed by atoms with E-state index in [1.807, 2.05) is 25.5 Å². The Bertz CT molecular complexity index is 653. The summed E-state index contributed by atoms with van der Waals surface area (Å²) in [7, 11) is 0. The first-order valence-electron chi connectivity index (χ1n) is 6.84. The maximum Gasteiger partial charge on any atom is 0.294 e. The molecule has 0 amide bonds. The molecule has 4 nitrogen and oxygen atoms in total. The van der Waals surface area contributed by atoms with Gasteiger partial charge in [-0.2, -0.15) is 0 Å². The molecule has 0 spiro atoms. The molecule has 108 valence electrons. The van der Waals surface area contributed by atoms with Crippen molar-refractivity contribution in [3.63, 3.8) is 0 Å². The minimum absolute atomic E-state index is 0.149. The molecule has 2 aromatic rings. The fraction of sp³-hybridized carbons (Fsp3) is 0.400. The molecule has 0 bridgehead atoms. The number of benzene rings is 1. The van der Waals surface area contributed by atoms with Gasteiger partial charge in [0.25, 0.3) is 5.56 Å². The minimum atomic E-state index is -0.326. The topological polar surface area (TPSA) is 52.9 Å². The van der Waals surface area contributed by atoms with Gasteiger partial charge >= 0.3 is 0 Å². The van der Waals surface area contributed by atoms with Crippen molar-refractivity contribution in [1.29, 1.82) is 0 Å². The van der Waals surface area contributed by atoms with Gasteiger partial charge in [0.05, 0.1) is 11.4 Å². The van der Waals surface area contributed by atoms with Crippen LogP contribution in [0, 0.1) is 5.82 Å². The predicted octanol–water partition coefficient (Wildman–Crippen LogP) is 2.89. The van der Waals surface area contributed by atoms with Crippen LogP contribution in [0.1, 0.15) is 38.8 Å². The van der Waals surface area contributed by atoms with Gasteiger partial charge < -0.3 is 5.73 Å². The Hall–Kier alpha value is -2.04. The van der Waals surface area contributed by atoms with Gasteiger partial charge in [-0.1, -0.05) is 20.8 Å². The molecule has 5 heteroatoms. The molecular weight excluding hydrogens is 257 g/mol. The molecule has 1 aromatic heterocycles. The molecule has 0 radical (unpaired) electrons. The Labute approximate surface area is 117 Å². The summed E-state index contributed by atoms with van der Waals surface area (Å²) in [5.74, 6) is -0.177. The van der Waals surface area contributed by atoms with Crippen LogP contribution in [0.25, 0.3) is 5.69 Å². The molecule has 20 heavy (non-hydrogen) atoms. The van der Waals surface area contributed by atoms with E-state index in [9.17, 15) is 9.18 Å². The Balaban J connectivity index is 2.71. The van der Waals surface area contributed by atoms with Gasteiger partial charge in [-0.15, -0.1) is 0 Å². The van der Waals surface area contributed by atoms with Crippen LogP contribution in [0.5, 0.6) is 0 Å². The molecule has 1 aromatic carbocycles. The zero-order chi connectivity index (χ0) is 14.9. The molecule has 0 saturated heterocycles. The Morgan fingerprint density at radius 1 is 1.25 bits per heavy atom. The number of nitrogen functional groups attached to an aromatic ring is 1. The summed E-state index contributed by atoms with van der Waals surface area (Å²) < 4.78 is 16.5. The normalized spacial score (nSPS) is 11.2. The SMILES string of the molecule is CCCn1c(C(C)C)c(N)c(=O)n1-c1ccc(F)cc1. The average Bonchev–Trinajstić information content (AvgIpc) is 2.64. The molecule has 2 N–H and O–H groups in total. The van der Waals surface area contributed by atoms with E-state index in [0.29, 0.717) is 12.2 Å². The molecule has 0 aliphatic carbocycles. The van der Waals surface area contributed by atoms with Crippen molar-refractivity contribution in [2.45, 2.75) is 39.7 Å². The van der Waals surface area contributed by atoms with Crippen molar-refractivity contribution in [2.24, 2.45) is 0 Å². The highest BCUT2D eigenvalue weighted by atomic mass is 19.1. The van der Waals surface area contributed by atoms with Gasteiger partial charge in [0, 0.05) is 6.54 Å². The molecule has 0 aliphatic heterocycles. The van der Waals surface area contributed by atoms with Gasteiger partial charge in [0.1, 0.15) is 11.5 Å².